The van der Waals surface area contributed by atoms with Crippen LogP contribution >= 0.6 is 0 Å². The predicted molar refractivity (Wildman–Crippen MR) is 75.6 cm³/mol. The van der Waals surface area contributed by atoms with Gasteiger partial charge in [0.05, 0.1) is 0 Å². The number of pyridine rings is 1. The van der Waals surface area contributed by atoms with Crippen LogP contribution in [0.1, 0.15) is 26.2 Å². The molecule has 0 aliphatic carbocycles. The van der Waals surface area contributed by atoms with Gasteiger partial charge in [-0.3, -0.25) is 0 Å². The lowest BCUT2D eigenvalue weighted by atomic mass is 9.97. The maximum absolute atomic E-state index is 12.7. The van der Waals surface area contributed by atoms with E-state index in [1.165, 1.54) is 0 Å². The van der Waals surface area contributed by atoms with E-state index in [1.54, 1.807) is 29.7 Å². The highest BCUT2D eigenvalue weighted by Gasteiger charge is 2.31. The SMILES string of the molecule is CCC1CCCN(S(=O)(=O)c2cccnc2NC)C1. The van der Waals surface area contributed by atoms with Crippen LogP contribution in [0.3, 0.4) is 0 Å². The average molecular weight is 283 g/mol. The molecule has 0 saturated carbocycles. The van der Waals surface area contributed by atoms with Crippen molar-refractivity contribution in [2.24, 2.45) is 5.92 Å². The van der Waals surface area contributed by atoms with Gasteiger partial charge in [0.2, 0.25) is 10.0 Å². The minimum absolute atomic E-state index is 0.272. The molecular weight excluding hydrogens is 262 g/mol. The van der Waals surface area contributed by atoms with Crippen molar-refractivity contribution in [2.75, 3.05) is 25.5 Å². The van der Waals surface area contributed by atoms with Crippen LogP contribution in [0.25, 0.3) is 0 Å². The highest BCUT2D eigenvalue weighted by Crippen LogP contribution is 2.27. The fourth-order valence-electron chi connectivity index (χ4n) is 2.50. The Labute approximate surface area is 115 Å². The van der Waals surface area contributed by atoms with Gasteiger partial charge in [0.15, 0.2) is 0 Å². The minimum atomic E-state index is -3.44. The van der Waals surface area contributed by atoms with Gasteiger partial charge in [-0.05, 0) is 30.9 Å². The Bertz CT molecular complexity index is 530. The standard InChI is InChI=1S/C13H21N3O2S/c1-3-11-6-5-9-16(10-11)19(17,18)12-7-4-8-15-13(12)14-2/h4,7-8,11H,3,5-6,9-10H2,1-2H3,(H,14,15). The summed E-state index contributed by atoms with van der Waals surface area (Å²) in [7, 11) is -1.75. The van der Waals surface area contributed by atoms with Gasteiger partial charge in [-0.15, -0.1) is 0 Å². The first kappa shape index (κ1) is 14.3. The molecule has 2 rings (SSSR count). The van der Waals surface area contributed by atoms with Crippen LogP contribution in [0.2, 0.25) is 0 Å². The Morgan fingerprint density at radius 1 is 1.53 bits per heavy atom. The smallest absolute Gasteiger partial charge is 0.246 e. The average Bonchev–Trinajstić information content (AvgIpc) is 2.47. The highest BCUT2D eigenvalue weighted by atomic mass is 32.2. The molecule has 5 nitrogen and oxygen atoms in total. The lowest BCUT2D eigenvalue weighted by Gasteiger charge is -2.31. The van der Waals surface area contributed by atoms with E-state index in [9.17, 15) is 8.42 Å². The summed E-state index contributed by atoms with van der Waals surface area (Å²) in [6.45, 7) is 3.34. The van der Waals surface area contributed by atoms with E-state index in [0.29, 0.717) is 24.8 Å². The monoisotopic (exact) mass is 283 g/mol. The van der Waals surface area contributed by atoms with Crippen molar-refractivity contribution in [3.8, 4) is 0 Å². The van der Waals surface area contributed by atoms with Crippen LogP contribution in [-0.4, -0.2) is 37.8 Å². The van der Waals surface area contributed by atoms with Gasteiger partial charge in [0.1, 0.15) is 10.7 Å². The van der Waals surface area contributed by atoms with Crippen LogP contribution in [0, 0.1) is 5.92 Å². The maximum Gasteiger partial charge on any atom is 0.246 e. The van der Waals surface area contributed by atoms with Crippen LogP contribution in [-0.2, 0) is 10.0 Å². The number of nitrogens with one attached hydrogen (secondary N) is 1. The van der Waals surface area contributed by atoms with Crippen molar-refractivity contribution in [2.45, 2.75) is 31.1 Å². The molecule has 1 aromatic rings. The summed E-state index contributed by atoms with van der Waals surface area (Å²) in [6, 6.07) is 3.28. The summed E-state index contributed by atoms with van der Waals surface area (Å²) in [5, 5.41) is 2.85. The Kier molecular flexibility index (Phi) is 4.42. The molecule has 1 atom stereocenters. The Balaban J connectivity index is 2.31. The second kappa shape index (κ2) is 5.88. The number of rotatable bonds is 4. The van der Waals surface area contributed by atoms with Gasteiger partial charge in [0.25, 0.3) is 0 Å². The molecule has 1 aromatic heterocycles. The summed E-state index contributed by atoms with van der Waals surface area (Å²) in [6.07, 6.45) is 4.68. The third-order valence-electron chi connectivity index (χ3n) is 3.68. The summed E-state index contributed by atoms with van der Waals surface area (Å²) >= 11 is 0. The molecule has 1 aliphatic rings. The lowest BCUT2D eigenvalue weighted by molar-refractivity contribution is 0.261. The van der Waals surface area contributed by atoms with Gasteiger partial charge in [-0.25, -0.2) is 13.4 Å². The van der Waals surface area contributed by atoms with Gasteiger partial charge >= 0.3 is 0 Å². The molecule has 1 fully saturated rings. The molecule has 106 valence electrons. The van der Waals surface area contributed by atoms with Crippen molar-refractivity contribution in [1.82, 2.24) is 9.29 Å². The number of piperidine rings is 1. The fraction of sp³-hybridized carbons (Fsp3) is 0.615. The molecule has 0 spiro atoms. The lowest BCUT2D eigenvalue weighted by Crippen LogP contribution is -2.39. The second-order valence-electron chi connectivity index (χ2n) is 4.88. The van der Waals surface area contributed by atoms with E-state index in [4.69, 9.17) is 0 Å². The summed E-state index contributed by atoms with van der Waals surface area (Å²) in [4.78, 5) is 4.35. The van der Waals surface area contributed by atoms with E-state index in [2.05, 4.69) is 17.2 Å². The summed E-state index contributed by atoms with van der Waals surface area (Å²) < 4.78 is 26.9. The van der Waals surface area contributed by atoms with Crippen LogP contribution < -0.4 is 5.32 Å². The Morgan fingerprint density at radius 3 is 3.00 bits per heavy atom. The third-order valence-corrected chi connectivity index (χ3v) is 5.58. The number of hydrogen-bond acceptors (Lipinski definition) is 4. The first-order valence-electron chi connectivity index (χ1n) is 6.72. The molecular formula is C13H21N3O2S. The number of aromatic nitrogens is 1. The molecule has 1 unspecified atom stereocenters. The van der Waals surface area contributed by atoms with Crippen LogP contribution in [0.15, 0.2) is 23.2 Å². The zero-order valence-electron chi connectivity index (χ0n) is 11.5. The van der Waals surface area contributed by atoms with E-state index in [0.717, 1.165) is 19.3 Å². The number of nitrogens with zero attached hydrogens (tertiary/aromatic N) is 2. The third kappa shape index (κ3) is 2.90. The van der Waals surface area contributed by atoms with Gasteiger partial charge in [0, 0.05) is 26.3 Å². The predicted octanol–water partition coefficient (Wildman–Crippen LogP) is 1.93. The van der Waals surface area contributed by atoms with Crippen molar-refractivity contribution in [3.63, 3.8) is 0 Å². The topological polar surface area (TPSA) is 62.3 Å². The molecule has 0 amide bonds. The van der Waals surface area contributed by atoms with Crippen molar-refractivity contribution >= 4 is 15.8 Å². The second-order valence-corrected chi connectivity index (χ2v) is 6.79. The van der Waals surface area contributed by atoms with E-state index < -0.39 is 10.0 Å². The molecule has 1 aliphatic heterocycles. The highest BCUT2D eigenvalue weighted by molar-refractivity contribution is 7.89. The van der Waals surface area contributed by atoms with E-state index in [1.807, 2.05) is 0 Å². The van der Waals surface area contributed by atoms with Crippen LogP contribution in [0.5, 0.6) is 0 Å². The first-order valence-corrected chi connectivity index (χ1v) is 8.16. The Hall–Kier alpha value is -1.14. The molecule has 1 N–H and O–H groups in total. The zero-order chi connectivity index (χ0) is 13.9. The number of hydrogen-bond donors (Lipinski definition) is 1. The van der Waals surface area contributed by atoms with Gasteiger partial charge in [-0.2, -0.15) is 4.31 Å². The largest absolute Gasteiger partial charge is 0.372 e. The van der Waals surface area contributed by atoms with E-state index >= 15 is 0 Å². The summed E-state index contributed by atoms with van der Waals surface area (Å²) in [5.41, 5.74) is 0. The molecule has 6 heteroatoms. The Morgan fingerprint density at radius 2 is 2.32 bits per heavy atom. The van der Waals surface area contributed by atoms with Crippen molar-refractivity contribution in [3.05, 3.63) is 18.3 Å². The normalized spacial score (nSPS) is 21.3. The van der Waals surface area contributed by atoms with Gasteiger partial charge < -0.3 is 5.32 Å². The first-order chi connectivity index (χ1) is 9.09. The summed E-state index contributed by atoms with van der Waals surface area (Å²) in [5.74, 6) is 0.888. The number of anilines is 1. The number of sulfonamides is 1. The van der Waals surface area contributed by atoms with Crippen molar-refractivity contribution in [1.29, 1.82) is 0 Å². The van der Waals surface area contributed by atoms with Crippen molar-refractivity contribution < 1.29 is 8.42 Å². The maximum atomic E-state index is 12.7. The zero-order valence-corrected chi connectivity index (χ0v) is 12.3. The molecule has 0 bridgehead atoms. The van der Waals surface area contributed by atoms with Crippen LogP contribution in [0.4, 0.5) is 5.82 Å². The van der Waals surface area contributed by atoms with Gasteiger partial charge in [-0.1, -0.05) is 13.3 Å². The molecule has 2 heterocycles. The molecule has 1 saturated heterocycles. The minimum Gasteiger partial charge on any atom is -0.372 e. The fourth-order valence-corrected chi connectivity index (χ4v) is 4.21. The quantitative estimate of drug-likeness (QED) is 0.917. The molecule has 0 radical (unpaired) electrons. The molecule has 0 aromatic carbocycles. The van der Waals surface area contributed by atoms with E-state index in [-0.39, 0.29) is 4.90 Å². The molecule has 19 heavy (non-hydrogen) atoms.